The van der Waals surface area contributed by atoms with Gasteiger partial charge in [0.1, 0.15) is 0 Å². The van der Waals surface area contributed by atoms with Gasteiger partial charge in [-0.1, -0.05) is 12.8 Å². The Kier molecular flexibility index (Phi) is 4.97. The van der Waals surface area contributed by atoms with E-state index in [4.69, 9.17) is 9.25 Å². The summed E-state index contributed by atoms with van der Waals surface area (Å²) in [6.07, 6.45) is 6.33. The molecule has 6 nitrogen and oxygen atoms in total. The quantitative estimate of drug-likeness (QED) is 0.783. The molecule has 17 heavy (non-hydrogen) atoms. The number of phosphoric acid groups is 1. The molecule has 2 saturated heterocycles. The zero-order chi connectivity index (χ0) is 12.1. The summed E-state index contributed by atoms with van der Waals surface area (Å²) in [6, 6.07) is 0. The fraction of sp³-hybridized carbons (Fsp3) is 1.00. The maximum atomic E-state index is 11.8. The second-order valence-electron chi connectivity index (χ2n) is 4.61. The summed E-state index contributed by atoms with van der Waals surface area (Å²) < 4.78 is 21.9. The summed E-state index contributed by atoms with van der Waals surface area (Å²) in [4.78, 5) is 9.65. The molecule has 0 radical (unpaired) electrons. The lowest BCUT2D eigenvalue weighted by Gasteiger charge is -2.30. The van der Waals surface area contributed by atoms with Crippen LogP contribution in [0.4, 0.5) is 0 Å². The van der Waals surface area contributed by atoms with Crippen LogP contribution in [0.3, 0.4) is 0 Å². The zero-order valence-corrected chi connectivity index (χ0v) is 11.0. The van der Waals surface area contributed by atoms with Crippen molar-refractivity contribution in [3.8, 4) is 0 Å². The molecule has 0 bridgehead atoms. The molecule has 2 aliphatic heterocycles. The van der Waals surface area contributed by atoms with Gasteiger partial charge in [-0.05, 0) is 25.7 Å². The van der Waals surface area contributed by atoms with Gasteiger partial charge in [0.05, 0.1) is 0 Å². The molecule has 0 unspecified atom stereocenters. The van der Waals surface area contributed by atoms with Crippen molar-refractivity contribution in [3.05, 3.63) is 0 Å². The van der Waals surface area contributed by atoms with E-state index in [0.29, 0.717) is 26.2 Å². The summed E-state index contributed by atoms with van der Waals surface area (Å²) >= 11 is 0. The average molecular weight is 264 g/mol. The molecule has 7 heteroatoms. The number of piperidine rings is 2. The SMILES string of the molecule is O=P(O)(ON1CCCCC1)ON1CCCCC1. The van der Waals surface area contributed by atoms with E-state index in [0.717, 1.165) is 38.5 Å². The van der Waals surface area contributed by atoms with Crippen molar-refractivity contribution in [2.75, 3.05) is 26.2 Å². The molecule has 0 saturated carbocycles. The van der Waals surface area contributed by atoms with Crippen LogP contribution in [0, 0.1) is 0 Å². The third kappa shape index (κ3) is 4.66. The van der Waals surface area contributed by atoms with Crippen LogP contribution in [0.5, 0.6) is 0 Å². The Balaban J connectivity index is 1.78. The largest absolute Gasteiger partial charge is 0.505 e. The highest BCUT2D eigenvalue weighted by Gasteiger charge is 2.30. The van der Waals surface area contributed by atoms with Crippen LogP contribution in [0.1, 0.15) is 38.5 Å². The first kappa shape index (κ1) is 13.5. The van der Waals surface area contributed by atoms with Crippen LogP contribution < -0.4 is 0 Å². The molecule has 0 aliphatic carbocycles. The third-order valence-corrected chi connectivity index (χ3v) is 3.94. The maximum absolute atomic E-state index is 11.8. The Morgan fingerprint density at radius 3 is 1.47 bits per heavy atom. The van der Waals surface area contributed by atoms with Crippen LogP contribution in [-0.4, -0.2) is 41.2 Å². The predicted molar refractivity (Wildman–Crippen MR) is 62.8 cm³/mol. The Bertz CT molecular complexity index is 253. The van der Waals surface area contributed by atoms with Crippen molar-refractivity contribution in [2.45, 2.75) is 38.5 Å². The standard InChI is InChI=1S/C10H21N2O4P/c13-17(14,15-11-7-3-1-4-8-11)16-12-9-5-2-6-10-12/h1-10H2,(H,13,14). The molecule has 0 atom stereocenters. The molecule has 2 rings (SSSR count). The number of nitrogens with zero attached hydrogens (tertiary/aromatic N) is 2. The van der Waals surface area contributed by atoms with Gasteiger partial charge in [-0.2, -0.15) is 19.4 Å². The lowest BCUT2D eigenvalue weighted by Crippen LogP contribution is -2.32. The van der Waals surface area contributed by atoms with Crippen LogP contribution in [0.15, 0.2) is 0 Å². The number of hydrogen-bond donors (Lipinski definition) is 1. The molecule has 0 aromatic rings. The van der Waals surface area contributed by atoms with Crippen molar-refractivity contribution in [1.82, 2.24) is 10.1 Å². The minimum atomic E-state index is -3.98. The fourth-order valence-corrected chi connectivity index (χ4v) is 3.14. The molecule has 100 valence electrons. The Labute approximate surface area is 102 Å². The van der Waals surface area contributed by atoms with Gasteiger partial charge in [0.15, 0.2) is 0 Å². The third-order valence-electron chi connectivity index (χ3n) is 3.07. The van der Waals surface area contributed by atoms with E-state index in [-0.39, 0.29) is 0 Å². The van der Waals surface area contributed by atoms with Gasteiger partial charge in [-0.3, -0.25) is 0 Å². The van der Waals surface area contributed by atoms with E-state index >= 15 is 0 Å². The molecule has 0 aromatic carbocycles. The highest BCUT2D eigenvalue weighted by atomic mass is 31.2. The molecular weight excluding hydrogens is 243 g/mol. The second-order valence-corrected chi connectivity index (χ2v) is 5.87. The van der Waals surface area contributed by atoms with Gasteiger partial charge in [0, 0.05) is 26.2 Å². The second kappa shape index (κ2) is 6.27. The van der Waals surface area contributed by atoms with E-state index in [9.17, 15) is 9.46 Å². The normalized spacial score (nSPS) is 25.0. The molecular formula is C10H21N2O4P. The predicted octanol–water partition coefficient (Wildman–Crippen LogP) is 1.92. The maximum Gasteiger partial charge on any atom is 0.505 e. The van der Waals surface area contributed by atoms with Crippen LogP contribution in [0.2, 0.25) is 0 Å². The van der Waals surface area contributed by atoms with E-state index < -0.39 is 7.82 Å². The molecule has 1 N–H and O–H groups in total. The smallest absolute Gasteiger partial charge is 0.300 e. The number of hydrogen-bond acceptors (Lipinski definition) is 5. The highest BCUT2D eigenvalue weighted by Crippen LogP contribution is 2.46. The van der Waals surface area contributed by atoms with Gasteiger partial charge in [0.2, 0.25) is 0 Å². The minimum absolute atomic E-state index is 0.702. The van der Waals surface area contributed by atoms with Gasteiger partial charge < -0.3 is 4.89 Å². The van der Waals surface area contributed by atoms with Crippen LogP contribution >= 0.6 is 7.82 Å². The number of hydroxylamine groups is 4. The zero-order valence-electron chi connectivity index (χ0n) is 10.1. The van der Waals surface area contributed by atoms with Crippen molar-refractivity contribution in [2.24, 2.45) is 0 Å². The molecule has 0 aromatic heterocycles. The molecule has 2 aliphatic rings. The summed E-state index contributed by atoms with van der Waals surface area (Å²) in [5.41, 5.74) is 0. The van der Waals surface area contributed by atoms with Crippen molar-refractivity contribution < 1.29 is 18.7 Å². The van der Waals surface area contributed by atoms with Crippen molar-refractivity contribution in [3.63, 3.8) is 0 Å². The molecule has 0 amide bonds. The Morgan fingerprint density at radius 2 is 1.12 bits per heavy atom. The summed E-state index contributed by atoms with van der Waals surface area (Å²) in [7, 11) is -3.98. The lowest BCUT2D eigenvalue weighted by atomic mass is 10.2. The topological polar surface area (TPSA) is 62.2 Å². The first-order valence-corrected chi connectivity index (χ1v) is 7.87. The van der Waals surface area contributed by atoms with Crippen molar-refractivity contribution >= 4 is 7.82 Å². The lowest BCUT2D eigenvalue weighted by molar-refractivity contribution is -0.150. The van der Waals surface area contributed by atoms with Gasteiger partial charge in [-0.15, -0.1) is 0 Å². The van der Waals surface area contributed by atoms with Gasteiger partial charge >= 0.3 is 7.82 Å². The Hall–Kier alpha value is 0.0300. The summed E-state index contributed by atoms with van der Waals surface area (Å²) in [6.45, 7) is 2.81. The van der Waals surface area contributed by atoms with E-state index in [1.165, 1.54) is 0 Å². The van der Waals surface area contributed by atoms with Crippen LogP contribution in [-0.2, 0) is 13.8 Å². The van der Waals surface area contributed by atoms with E-state index in [2.05, 4.69) is 0 Å². The van der Waals surface area contributed by atoms with Crippen LogP contribution in [0.25, 0.3) is 0 Å². The van der Waals surface area contributed by atoms with Gasteiger partial charge in [0.25, 0.3) is 0 Å². The summed E-state index contributed by atoms with van der Waals surface area (Å²) in [5.74, 6) is 0. The van der Waals surface area contributed by atoms with Crippen molar-refractivity contribution in [1.29, 1.82) is 0 Å². The molecule has 2 heterocycles. The first-order valence-electron chi connectivity index (χ1n) is 6.38. The van der Waals surface area contributed by atoms with E-state index in [1.54, 1.807) is 10.1 Å². The molecule has 2 fully saturated rings. The highest BCUT2D eigenvalue weighted by molar-refractivity contribution is 7.47. The number of rotatable bonds is 4. The fourth-order valence-electron chi connectivity index (χ4n) is 2.20. The minimum Gasteiger partial charge on any atom is -0.300 e. The summed E-state index contributed by atoms with van der Waals surface area (Å²) in [5, 5.41) is 3.10. The monoisotopic (exact) mass is 264 g/mol. The molecule has 0 spiro atoms. The van der Waals surface area contributed by atoms with E-state index in [1.807, 2.05) is 0 Å². The average Bonchev–Trinajstić information content (AvgIpc) is 2.30. The first-order chi connectivity index (χ1) is 8.16. The van der Waals surface area contributed by atoms with Gasteiger partial charge in [-0.25, -0.2) is 4.57 Å². The Morgan fingerprint density at radius 1 is 0.765 bits per heavy atom.